The van der Waals surface area contributed by atoms with E-state index in [1.165, 1.54) is 10.4 Å². The predicted molar refractivity (Wildman–Crippen MR) is 98.8 cm³/mol. The summed E-state index contributed by atoms with van der Waals surface area (Å²) >= 11 is 0. The molecule has 0 aromatic heterocycles. The number of piperazine rings is 1. The van der Waals surface area contributed by atoms with Gasteiger partial charge in [-0.3, -0.25) is 4.79 Å². The Hall–Kier alpha value is -1.48. The monoisotopic (exact) mass is 381 g/mol. The third kappa shape index (κ3) is 3.93. The first-order valence-corrected chi connectivity index (χ1v) is 10.6. The number of nitrogens with zero attached hydrogens (tertiary/aromatic N) is 3. The van der Waals surface area contributed by atoms with Crippen molar-refractivity contribution < 1.29 is 17.9 Å². The van der Waals surface area contributed by atoms with Crippen molar-refractivity contribution in [2.75, 3.05) is 59.0 Å². The van der Waals surface area contributed by atoms with Crippen molar-refractivity contribution in [2.24, 2.45) is 0 Å². The van der Waals surface area contributed by atoms with Crippen molar-refractivity contribution in [3.8, 4) is 0 Å². The molecule has 1 aromatic rings. The van der Waals surface area contributed by atoms with Gasteiger partial charge in [-0.1, -0.05) is 13.0 Å². The largest absolute Gasteiger partial charge is 0.379 e. The van der Waals surface area contributed by atoms with E-state index in [9.17, 15) is 13.2 Å². The van der Waals surface area contributed by atoms with Gasteiger partial charge in [0.25, 0.3) is 5.91 Å². The number of carbonyl (C=O) groups excluding carboxylic acids is 1. The lowest BCUT2D eigenvalue weighted by Gasteiger charge is -2.34. The highest BCUT2D eigenvalue weighted by molar-refractivity contribution is 7.89. The van der Waals surface area contributed by atoms with Crippen molar-refractivity contribution in [1.29, 1.82) is 0 Å². The molecule has 1 aromatic carbocycles. The minimum atomic E-state index is -3.60. The van der Waals surface area contributed by atoms with E-state index >= 15 is 0 Å². The number of benzene rings is 1. The van der Waals surface area contributed by atoms with E-state index in [1.54, 1.807) is 12.1 Å². The molecule has 0 bridgehead atoms. The number of rotatable bonds is 4. The Balaban J connectivity index is 1.82. The number of morpholine rings is 1. The highest BCUT2D eigenvalue weighted by Gasteiger charge is 2.28. The number of aryl methyl sites for hydroxylation is 1. The molecule has 26 heavy (non-hydrogen) atoms. The zero-order chi connectivity index (χ0) is 18.7. The zero-order valence-electron chi connectivity index (χ0n) is 15.5. The molecule has 0 saturated carbocycles. The van der Waals surface area contributed by atoms with Crippen LogP contribution in [-0.4, -0.2) is 87.5 Å². The van der Waals surface area contributed by atoms with Crippen molar-refractivity contribution >= 4 is 15.9 Å². The standard InChI is InChI=1S/C18H27N3O4S/c1-3-19-6-8-20(9-7-19)18(22)17-14-16(5-4-15(17)2)26(23,24)21-10-12-25-13-11-21/h4-5,14H,3,6-13H2,1-2H3. The first-order chi connectivity index (χ1) is 12.4. The lowest BCUT2D eigenvalue weighted by Crippen LogP contribution is -2.48. The Kier molecular flexibility index (Phi) is 5.96. The van der Waals surface area contributed by atoms with Crippen LogP contribution in [0.5, 0.6) is 0 Å². The van der Waals surface area contributed by atoms with Crippen LogP contribution in [0.25, 0.3) is 0 Å². The van der Waals surface area contributed by atoms with E-state index in [2.05, 4.69) is 11.8 Å². The molecule has 3 rings (SSSR count). The van der Waals surface area contributed by atoms with Crippen LogP contribution in [0.1, 0.15) is 22.8 Å². The Labute approximate surface area is 155 Å². The van der Waals surface area contributed by atoms with Crippen molar-refractivity contribution in [1.82, 2.24) is 14.1 Å². The maximum atomic E-state index is 12.9. The van der Waals surface area contributed by atoms with E-state index in [0.29, 0.717) is 45.0 Å². The van der Waals surface area contributed by atoms with Gasteiger partial charge in [0.15, 0.2) is 0 Å². The molecule has 144 valence electrons. The van der Waals surface area contributed by atoms with Gasteiger partial charge < -0.3 is 14.5 Å². The Morgan fingerprint density at radius 1 is 1.08 bits per heavy atom. The van der Waals surface area contributed by atoms with Crippen LogP contribution in [0.15, 0.2) is 23.1 Å². The topological polar surface area (TPSA) is 70.2 Å². The first kappa shape index (κ1) is 19.3. The van der Waals surface area contributed by atoms with E-state index in [1.807, 2.05) is 11.8 Å². The number of likely N-dealkylation sites (N-methyl/N-ethyl adjacent to an activating group) is 1. The molecule has 0 radical (unpaired) electrons. The molecule has 2 heterocycles. The van der Waals surface area contributed by atoms with E-state index in [4.69, 9.17) is 4.74 Å². The lowest BCUT2D eigenvalue weighted by atomic mass is 10.1. The van der Waals surface area contributed by atoms with Crippen LogP contribution in [0.3, 0.4) is 0 Å². The molecule has 2 aliphatic rings. The van der Waals surface area contributed by atoms with Crippen LogP contribution in [-0.2, 0) is 14.8 Å². The highest BCUT2D eigenvalue weighted by atomic mass is 32.2. The molecule has 1 amide bonds. The van der Waals surface area contributed by atoms with Crippen molar-refractivity contribution in [3.63, 3.8) is 0 Å². The van der Waals surface area contributed by atoms with Crippen molar-refractivity contribution in [3.05, 3.63) is 29.3 Å². The second-order valence-electron chi connectivity index (χ2n) is 6.72. The Morgan fingerprint density at radius 3 is 2.35 bits per heavy atom. The zero-order valence-corrected chi connectivity index (χ0v) is 16.3. The van der Waals surface area contributed by atoms with E-state index in [0.717, 1.165) is 25.2 Å². The van der Waals surface area contributed by atoms with E-state index in [-0.39, 0.29) is 10.8 Å². The lowest BCUT2D eigenvalue weighted by molar-refractivity contribution is 0.0642. The molecule has 0 atom stereocenters. The van der Waals surface area contributed by atoms with Gasteiger partial charge in [0.05, 0.1) is 18.1 Å². The number of amides is 1. The first-order valence-electron chi connectivity index (χ1n) is 9.13. The third-order valence-corrected chi connectivity index (χ3v) is 7.05. The molecule has 2 fully saturated rings. The summed E-state index contributed by atoms with van der Waals surface area (Å²) in [6, 6.07) is 4.85. The minimum absolute atomic E-state index is 0.0859. The number of carbonyl (C=O) groups is 1. The SMILES string of the molecule is CCN1CCN(C(=O)c2cc(S(=O)(=O)N3CCOCC3)ccc2C)CC1. The van der Waals surface area contributed by atoms with Gasteiger partial charge >= 0.3 is 0 Å². The second-order valence-corrected chi connectivity index (χ2v) is 8.66. The Morgan fingerprint density at radius 2 is 1.73 bits per heavy atom. The van der Waals surface area contributed by atoms with Crippen LogP contribution >= 0.6 is 0 Å². The number of hydrogen-bond acceptors (Lipinski definition) is 5. The maximum Gasteiger partial charge on any atom is 0.254 e. The predicted octanol–water partition coefficient (Wildman–Crippen LogP) is 0.794. The Bertz CT molecular complexity index is 752. The fourth-order valence-electron chi connectivity index (χ4n) is 3.37. The molecule has 2 aliphatic heterocycles. The molecular formula is C18H27N3O4S. The summed E-state index contributed by atoms with van der Waals surface area (Å²) in [4.78, 5) is 17.3. The van der Waals surface area contributed by atoms with Crippen molar-refractivity contribution in [2.45, 2.75) is 18.7 Å². The summed E-state index contributed by atoms with van der Waals surface area (Å²) in [6.07, 6.45) is 0. The second kappa shape index (κ2) is 8.04. The summed E-state index contributed by atoms with van der Waals surface area (Å²) in [5.74, 6) is -0.0859. The summed E-state index contributed by atoms with van der Waals surface area (Å²) in [5, 5.41) is 0. The van der Waals surface area contributed by atoms with Crippen LogP contribution < -0.4 is 0 Å². The van der Waals surface area contributed by atoms with E-state index < -0.39 is 10.0 Å². The summed E-state index contributed by atoms with van der Waals surface area (Å²) in [5.41, 5.74) is 1.28. The number of hydrogen-bond donors (Lipinski definition) is 0. The van der Waals surface area contributed by atoms with Crippen LogP contribution in [0, 0.1) is 6.92 Å². The van der Waals surface area contributed by atoms with Gasteiger partial charge in [-0.15, -0.1) is 0 Å². The van der Waals surface area contributed by atoms with Gasteiger partial charge in [0.1, 0.15) is 0 Å². The maximum absolute atomic E-state index is 12.9. The normalized spacial score (nSPS) is 20.3. The third-order valence-electron chi connectivity index (χ3n) is 5.15. The molecule has 8 heteroatoms. The number of sulfonamides is 1. The molecule has 7 nitrogen and oxygen atoms in total. The molecule has 0 unspecified atom stereocenters. The van der Waals surface area contributed by atoms with Gasteiger partial charge in [0, 0.05) is 44.8 Å². The summed E-state index contributed by atoms with van der Waals surface area (Å²) < 4.78 is 32.4. The fourth-order valence-corrected chi connectivity index (χ4v) is 4.80. The highest BCUT2D eigenvalue weighted by Crippen LogP contribution is 2.22. The molecule has 0 aliphatic carbocycles. The smallest absolute Gasteiger partial charge is 0.254 e. The average molecular weight is 381 g/mol. The quantitative estimate of drug-likeness (QED) is 0.771. The van der Waals surface area contributed by atoms with Gasteiger partial charge in [-0.25, -0.2) is 8.42 Å². The minimum Gasteiger partial charge on any atom is -0.379 e. The molecule has 0 spiro atoms. The molecular weight excluding hydrogens is 354 g/mol. The average Bonchev–Trinajstić information content (AvgIpc) is 2.68. The summed E-state index contributed by atoms with van der Waals surface area (Å²) in [6.45, 7) is 9.49. The van der Waals surface area contributed by atoms with Gasteiger partial charge in [-0.2, -0.15) is 4.31 Å². The van der Waals surface area contributed by atoms with Crippen LogP contribution in [0.4, 0.5) is 0 Å². The summed E-state index contributed by atoms with van der Waals surface area (Å²) in [7, 11) is -3.60. The van der Waals surface area contributed by atoms with Gasteiger partial charge in [0.2, 0.25) is 10.0 Å². The molecule has 0 N–H and O–H groups in total. The van der Waals surface area contributed by atoms with Crippen LogP contribution in [0.2, 0.25) is 0 Å². The van der Waals surface area contributed by atoms with Gasteiger partial charge in [-0.05, 0) is 31.2 Å². The number of ether oxygens (including phenoxy) is 1. The molecule has 2 saturated heterocycles. The fraction of sp³-hybridized carbons (Fsp3) is 0.611.